The van der Waals surface area contributed by atoms with Crippen molar-refractivity contribution in [1.82, 2.24) is 9.55 Å². The number of rotatable bonds is 8. The molecule has 0 bridgehead atoms. The molecule has 1 aliphatic heterocycles. The Bertz CT molecular complexity index is 1120. The number of nitrogens with zero attached hydrogens (tertiary/aromatic N) is 2. The summed E-state index contributed by atoms with van der Waals surface area (Å²) in [6.07, 6.45) is 3.80. The summed E-state index contributed by atoms with van der Waals surface area (Å²) in [7, 11) is 3.60. The molecule has 175 valence electrons. The molecule has 0 saturated carbocycles. The van der Waals surface area contributed by atoms with Crippen LogP contribution in [0.3, 0.4) is 0 Å². The minimum Gasteiger partial charge on any atom is -0.491 e. The molecule has 2 N–H and O–H groups in total. The standard InChI is InChI=1S/C27H29N2O4Si/c1-19(31)27-28-13-14-29(27)24(16-30)9-4-20-2-5-21(6-3-20)22-7-10-25(11-8-22)33-17-26-23(18-34)12-15-32-26/h2-3,5-8,10-11,13-14,19,23-24,26,30-31H,12,15-18H2,1H3/t19-,23+,24-,26-/m0/s1. The molecule has 1 aliphatic rings. The predicted molar refractivity (Wildman–Crippen MR) is 132 cm³/mol. The number of aliphatic hydroxyl groups excluding tert-OH is 2. The van der Waals surface area contributed by atoms with Crippen LogP contribution in [0, 0.1) is 17.8 Å². The van der Waals surface area contributed by atoms with Crippen molar-refractivity contribution < 1.29 is 19.7 Å². The Morgan fingerprint density at radius 3 is 2.53 bits per heavy atom. The third-order valence-corrected chi connectivity index (χ3v) is 6.58. The first-order valence-electron chi connectivity index (χ1n) is 11.5. The maximum absolute atomic E-state index is 9.85. The Balaban J connectivity index is 1.38. The second-order valence-electron chi connectivity index (χ2n) is 8.41. The van der Waals surface area contributed by atoms with Gasteiger partial charge in [-0.05, 0) is 54.7 Å². The van der Waals surface area contributed by atoms with E-state index in [0.717, 1.165) is 41.5 Å². The molecule has 1 aromatic heterocycles. The molecule has 3 aromatic rings. The second kappa shape index (κ2) is 11.5. The monoisotopic (exact) mass is 473 g/mol. The molecule has 4 rings (SSSR count). The lowest BCUT2D eigenvalue weighted by Crippen LogP contribution is -2.23. The highest BCUT2D eigenvalue weighted by Crippen LogP contribution is 2.26. The SMILES string of the molecule is C[C@H](O)c1nccn1[C@@H](C#Cc1ccc(-c2ccc(OC[C@@H]3OCC[C@@H]3C[Si])cc2)cc1)CO. The average Bonchev–Trinajstić information content (AvgIpc) is 3.54. The van der Waals surface area contributed by atoms with Crippen molar-refractivity contribution in [2.45, 2.75) is 37.6 Å². The summed E-state index contributed by atoms with van der Waals surface area (Å²) in [5.41, 5.74) is 3.02. The molecule has 1 fully saturated rings. The highest BCUT2D eigenvalue weighted by Gasteiger charge is 2.27. The van der Waals surface area contributed by atoms with Crippen LogP contribution in [0.15, 0.2) is 60.9 Å². The maximum atomic E-state index is 9.85. The number of benzene rings is 2. The molecule has 6 nitrogen and oxygen atoms in total. The first-order valence-corrected chi connectivity index (χ1v) is 12.2. The van der Waals surface area contributed by atoms with Crippen molar-refractivity contribution in [3.63, 3.8) is 0 Å². The Hall–Kier alpha value is -2.89. The quantitative estimate of drug-likeness (QED) is 0.387. The van der Waals surface area contributed by atoms with E-state index in [2.05, 4.69) is 27.1 Å². The Morgan fingerprint density at radius 1 is 1.18 bits per heavy atom. The van der Waals surface area contributed by atoms with Gasteiger partial charge in [0.05, 0.1) is 12.7 Å². The van der Waals surface area contributed by atoms with Gasteiger partial charge >= 0.3 is 0 Å². The Kier molecular flexibility index (Phi) is 8.19. The molecule has 0 unspecified atom stereocenters. The lowest BCUT2D eigenvalue weighted by atomic mass is 10.0. The normalized spacial score (nSPS) is 19.3. The van der Waals surface area contributed by atoms with Gasteiger partial charge in [-0.1, -0.05) is 42.2 Å². The number of ether oxygens (including phenoxy) is 2. The fourth-order valence-corrected chi connectivity index (χ4v) is 4.53. The van der Waals surface area contributed by atoms with Crippen molar-refractivity contribution in [2.24, 2.45) is 5.92 Å². The van der Waals surface area contributed by atoms with Gasteiger partial charge in [0.15, 0.2) is 0 Å². The van der Waals surface area contributed by atoms with Gasteiger partial charge in [-0.15, -0.1) is 0 Å². The minimum atomic E-state index is -0.732. The number of hydrogen-bond acceptors (Lipinski definition) is 5. The van der Waals surface area contributed by atoms with E-state index in [0.29, 0.717) is 18.3 Å². The van der Waals surface area contributed by atoms with E-state index in [4.69, 9.17) is 9.47 Å². The van der Waals surface area contributed by atoms with Gasteiger partial charge in [-0.25, -0.2) is 4.98 Å². The van der Waals surface area contributed by atoms with E-state index in [1.165, 1.54) is 0 Å². The first-order chi connectivity index (χ1) is 16.6. The summed E-state index contributed by atoms with van der Waals surface area (Å²) in [4.78, 5) is 4.15. The molecule has 7 heteroatoms. The van der Waals surface area contributed by atoms with Crippen molar-refractivity contribution in [2.75, 3.05) is 19.8 Å². The number of imidazole rings is 1. The van der Waals surface area contributed by atoms with Crippen LogP contribution in [-0.4, -0.2) is 55.9 Å². The average molecular weight is 474 g/mol. The highest BCUT2D eigenvalue weighted by molar-refractivity contribution is 6.08. The topological polar surface area (TPSA) is 76.7 Å². The third kappa shape index (κ3) is 5.77. The van der Waals surface area contributed by atoms with Crippen LogP contribution in [0.5, 0.6) is 5.75 Å². The van der Waals surface area contributed by atoms with Gasteiger partial charge in [0.25, 0.3) is 0 Å². The minimum absolute atomic E-state index is 0.142. The molecular formula is C27H29N2O4Si. The van der Waals surface area contributed by atoms with Crippen molar-refractivity contribution in [3.8, 4) is 28.7 Å². The molecule has 2 heterocycles. The van der Waals surface area contributed by atoms with Gasteiger partial charge in [0.1, 0.15) is 30.3 Å². The number of aliphatic hydroxyl groups is 2. The summed E-state index contributed by atoms with van der Waals surface area (Å²) in [5, 5.41) is 19.6. The van der Waals surface area contributed by atoms with E-state index >= 15 is 0 Å². The van der Waals surface area contributed by atoms with Crippen LogP contribution < -0.4 is 4.74 Å². The smallest absolute Gasteiger partial charge is 0.138 e. The molecule has 2 aromatic carbocycles. The van der Waals surface area contributed by atoms with Gasteiger partial charge in [-0.3, -0.25) is 0 Å². The van der Waals surface area contributed by atoms with Crippen molar-refractivity contribution in [1.29, 1.82) is 0 Å². The summed E-state index contributed by atoms with van der Waals surface area (Å²) in [6, 6.07) is 16.5. The van der Waals surface area contributed by atoms with Crippen molar-refractivity contribution in [3.05, 3.63) is 72.3 Å². The summed E-state index contributed by atoms with van der Waals surface area (Å²) in [6.45, 7) is 2.84. The van der Waals surface area contributed by atoms with Crippen LogP contribution in [0.1, 0.15) is 36.9 Å². The Labute approximate surface area is 204 Å². The van der Waals surface area contributed by atoms with Crippen LogP contribution >= 0.6 is 0 Å². The first kappa shape index (κ1) is 24.2. The number of hydrogen-bond donors (Lipinski definition) is 2. The van der Waals surface area contributed by atoms with E-state index in [1.807, 2.05) is 48.5 Å². The highest BCUT2D eigenvalue weighted by atomic mass is 28.1. The molecule has 4 atom stereocenters. The molecule has 0 amide bonds. The lowest BCUT2D eigenvalue weighted by Gasteiger charge is -2.17. The van der Waals surface area contributed by atoms with Gasteiger partial charge in [-0.2, -0.15) is 0 Å². The van der Waals surface area contributed by atoms with Crippen LogP contribution in [0.25, 0.3) is 11.1 Å². The van der Waals surface area contributed by atoms with Crippen LogP contribution in [-0.2, 0) is 4.74 Å². The van der Waals surface area contributed by atoms with Crippen LogP contribution in [0.2, 0.25) is 6.04 Å². The van der Waals surface area contributed by atoms with E-state index < -0.39 is 12.1 Å². The second-order valence-corrected chi connectivity index (χ2v) is 8.82. The molecule has 0 aliphatic carbocycles. The predicted octanol–water partition coefficient (Wildman–Crippen LogP) is 3.56. The Morgan fingerprint density at radius 2 is 1.88 bits per heavy atom. The fourth-order valence-electron chi connectivity index (χ4n) is 4.06. The van der Waals surface area contributed by atoms with Gasteiger partial charge < -0.3 is 24.3 Å². The maximum Gasteiger partial charge on any atom is 0.138 e. The zero-order valence-electron chi connectivity index (χ0n) is 19.2. The molecule has 1 saturated heterocycles. The van der Waals surface area contributed by atoms with E-state index in [1.54, 1.807) is 23.9 Å². The number of aromatic nitrogens is 2. The molecule has 3 radical (unpaired) electrons. The molecular weight excluding hydrogens is 444 g/mol. The van der Waals surface area contributed by atoms with Gasteiger partial charge in [0.2, 0.25) is 0 Å². The molecule has 0 spiro atoms. The van der Waals surface area contributed by atoms with E-state index in [-0.39, 0.29) is 12.7 Å². The van der Waals surface area contributed by atoms with E-state index in [9.17, 15) is 10.2 Å². The zero-order chi connectivity index (χ0) is 23.9. The summed E-state index contributed by atoms with van der Waals surface area (Å²) in [5.74, 6) is 8.01. The molecule has 34 heavy (non-hydrogen) atoms. The zero-order valence-corrected chi connectivity index (χ0v) is 20.2. The summed E-state index contributed by atoms with van der Waals surface area (Å²) >= 11 is 0. The summed E-state index contributed by atoms with van der Waals surface area (Å²) < 4.78 is 13.4. The van der Waals surface area contributed by atoms with Crippen molar-refractivity contribution >= 4 is 10.2 Å². The van der Waals surface area contributed by atoms with Crippen LogP contribution in [0.4, 0.5) is 0 Å². The third-order valence-electron chi connectivity index (χ3n) is 6.06. The van der Waals surface area contributed by atoms with Gasteiger partial charge in [0, 0.05) is 34.8 Å². The largest absolute Gasteiger partial charge is 0.491 e. The lowest BCUT2D eigenvalue weighted by molar-refractivity contribution is 0.0519. The fraction of sp³-hybridized carbons (Fsp3) is 0.370.